The normalized spacial score (nSPS) is 14.3. The molecule has 0 aromatic carbocycles. The third-order valence-electron chi connectivity index (χ3n) is 3.19. The number of fused-ring (bicyclic) bond motifs is 1. The zero-order chi connectivity index (χ0) is 16.3. The van der Waals surface area contributed by atoms with Crippen molar-refractivity contribution in [3.63, 3.8) is 0 Å². The Balaban J connectivity index is 2.50. The maximum Gasteiger partial charge on any atom is 0.348 e. The third kappa shape index (κ3) is 3.39. The monoisotopic (exact) mass is 358 g/mol. The molecule has 1 aliphatic carbocycles. The predicted octanol–water partition coefficient (Wildman–Crippen LogP) is 4.18. The van der Waals surface area contributed by atoms with Gasteiger partial charge in [-0.05, 0) is 37.2 Å². The Hall–Kier alpha value is -1.24. The molecule has 0 fully saturated rings. The predicted molar refractivity (Wildman–Crippen MR) is 89.9 cm³/mol. The molecule has 1 aromatic heterocycles. The summed E-state index contributed by atoms with van der Waals surface area (Å²) in [5, 5.41) is 9.27. The summed E-state index contributed by atoms with van der Waals surface area (Å²) in [4.78, 5) is 23.3. The van der Waals surface area contributed by atoms with Crippen molar-refractivity contribution in [1.82, 2.24) is 0 Å². The summed E-state index contributed by atoms with van der Waals surface area (Å²) in [7, 11) is 0. The smallest absolute Gasteiger partial charge is 0.348 e. The number of halogens is 1. The Kier molecular flexibility index (Phi) is 5.72. The molecule has 0 saturated carbocycles. The van der Waals surface area contributed by atoms with E-state index in [1.165, 1.54) is 29.2 Å². The van der Waals surface area contributed by atoms with Crippen molar-refractivity contribution in [3.05, 3.63) is 33.7 Å². The van der Waals surface area contributed by atoms with E-state index in [0.717, 1.165) is 27.0 Å². The standard InChI is InChI=1S/C15H15ClO4S2/c1-3-20-14(19)13-9-6-4-8(5-7-10(17)18)12(16)11(9)15(21-2)22-13/h5,7H,3-4,6H2,1-2H3,(H,17,18)/b7-5+. The molecule has 0 amide bonds. The molecule has 118 valence electrons. The first-order chi connectivity index (χ1) is 10.5. The van der Waals surface area contributed by atoms with E-state index in [1.54, 1.807) is 6.92 Å². The molecule has 0 unspecified atom stereocenters. The minimum atomic E-state index is -1.01. The number of carbonyl (C=O) groups excluding carboxylic acids is 1. The summed E-state index contributed by atoms with van der Waals surface area (Å²) in [5.41, 5.74) is 2.53. The first-order valence-electron chi connectivity index (χ1n) is 6.66. The fourth-order valence-electron chi connectivity index (χ4n) is 2.27. The van der Waals surface area contributed by atoms with Gasteiger partial charge in [-0.25, -0.2) is 9.59 Å². The molecule has 1 heterocycles. The summed E-state index contributed by atoms with van der Waals surface area (Å²) in [6, 6.07) is 0. The molecule has 0 bridgehead atoms. The lowest BCUT2D eigenvalue weighted by molar-refractivity contribution is -0.131. The Morgan fingerprint density at radius 3 is 2.77 bits per heavy atom. The number of aliphatic carboxylic acids is 1. The van der Waals surface area contributed by atoms with Gasteiger partial charge in [-0.15, -0.1) is 23.1 Å². The lowest BCUT2D eigenvalue weighted by atomic mass is 9.93. The van der Waals surface area contributed by atoms with Crippen molar-refractivity contribution < 1.29 is 19.4 Å². The van der Waals surface area contributed by atoms with Crippen molar-refractivity contribution in [1.29, 1.82) is 0 Å². The molecular weight excluding hydrogens is 344 g/mol. The minimum absolute atomic E-state index is 0.321. The van der Waals surface area contributed by atoms with Crippen LogP contribution in [0.3, 0.4) is 0 Å². The van der Waals surface area contributed by atoms with Gasteiger partial charge in [0.25, 0.3) is 0 Å². The maximum absolute atomic E-state index is 12.1. The highest BCUT2D eigenvalue weighted by molar-refractivity contribution is 8.00. The van der Waals surface area contributed by atoms with Crippen LogP contribution in [0.15, 0.2) is 21.9 Å². The summed E-state index contributed by atoms with van der Waals surface area (Å²) < 4.78 is 6.05. The van der Waals surface area contributed by atoms with Crippen molar-refractivity contribution in [3.8, 4) is 0 Å². The van der Waals surface area contributed by atoms with Gasteiger partial charge >= 0.3 is 11.9 Å². The number of allylic oxidation sites excluding steroid dienone is 2. The van der Waals surface area contributed by atoms with Gasteiger partial charge in [0.05, 0.1) is 15.8 Å². The van der Waals surface area contributed by atoms with Crippen LogP contribution in [-0.4, -0.2) is 29.9 Å². The van der Waals surface area contributed by atoms with Crippen molar-refractivity contribution in [2.24, 2.45) is 0 Å². The number of rotatable bonds is 5. The lowest BCUT2D eigenvalue weighted by Gasteiger charge is -2.16. The van der Waals surface area contributed by atoms with Gasteiger partial charge in [0.2, 0.25) is 0 Å². The van der Waals surface area contributed by atoms with Crippen LogP contribution in [-0.2, 0) is 16.0 Å². The highest BCUT2D eigenvalue weighted by Crippen LogP contribution is 2.46. The van der Waals surface area contributed by atoms with Crippen molar-refractivity contribution in [2.45, 2.75) is 24.0 Å². The number of carbonyl (C=O) groups is 2. The molecule has 0 atom stereocenters. The topological polar surface area (TPSA) is 63.6 Å². The van der Waals surface area contributed by atoms with Gasteiger partial charge in [-0.2, -0.15) is 0 Å². The van der Waals surface area contributed by atoms with E-state index in [-0.39, 0.29) is 5.97 Å². The van der Waals surface area contributed by atoms with Crippen molar-refractivity contribution >= 4 is 51.7 Å². The molecule has 0 radical (unpaired) electrons. The number of esters is 1. The molecule has 4 nitrogen and oxygen atoms in total. The summed E-state index contributed by atoms with van der Waals surface area (Å²) in [6.07, 6.45) is 5.79. The molecule has 0 spiro atoms. The van der Waals surface area contributed by atoms with Gasteiger partial charge in [-0.1, -0.05) is 17.7 Å². The van der Waals surface area contributed by atoms with Crippen LogP contribution in [0.5, 0.6) is 0 Å². The second-order valence-electron chi connectivity index (χ2n) is 4.51. The summed E-state index contributed by atoms with van der Waals surface area (Å²) in [6.45, 7) is 2.10. The van der Waals surface area contributed by atoms with E-state index in [9.17, 15) is 9.59 Å². The summed E-state index contributed by atoms with van der Waals surface area (Å²) >= 11 is 9.36. The number of hydrogen-bond donors (Lipinski definition) is 1. The van der Waals surface area contributed by atoms with Gasteiger partial charge in [0.15, 0.2) is 0 Å². The fraction of sp³-hybridized carbons (Fsp3) is 0.333. The van der Waals surface area contributed by atoms with Gasteiger partial charge in [0.1, 0.15) is 4.88 Å². The number of hydrogen-bond acceptors (Lipinski definition) is 5. The zero-order valence-corrected chi connectivity index (χ0v) is 14.5. The Morgan fingerprint density at radius 1 is 1.45 bits per heavy atom. The average molecular weight is 359 g/mol. The van der Waals surface area contributed by atoms with Crippen LogP contribution >= 0.6 is 34.7 Å². The average Bonchev–Trinajstić information content (AvgIpc) is 2.86. The Bertz CT molecular complexity index is 673. The molecule has 2 rings (SSSR count). The molecule has 22 heavy (non-hydrogen) atoms. The number of thiophene rings is 1. The third-order valence-corrected chi connectivity index (χ3v) is 5.96. The molecular formula is C15H15ClO4S2. The Morgan fingerprint density at radius 2 is 2.18 bits per heavy atom. The molecule has 1 aromatic rings. The number of carboxylic acids is 1. The van der Waals surface area contributed by atoms with E-state index in [4.69, 9.17) is 21.4 Å². The summed E-state index contributed by atoms with van der Waals surface area (Å²) in [5.74, 6) is -1.33. The van der Waals surface area contributed by atoms with Crippen molar-refractivity contribution in [2.75, 3.05) is 12.9 Å². The van der Waals surface area contributed by atoms with Crippen LogP contribution in [0.25, 0.3) is 5.03 Å². The maximum atomic E-state index is 12.1. The molecule has 7 heteroatoms. The number of carboxylic acid groups (broad SMARTS) is 1. The van der Waals surface area contributed by atoms with Crippen LogP contribution in [0.4, 0.5) is 0 Å². The fourth-order valence-corrected chi connectivity index (χ4v) is 4.74. The van der Waals surface area contributed by atoms with Crippen LogP contribution in [0.2, 0.25) is 0 Å². The highest BCUT2D eigenvalue weighted by atomic mass is 35.5. The minimum Gasteiger partial charge on any atom is -0.478 e. The molecule has 0 saturated heterocycles. The second-order valence-corrected chi connectivity index (χ2v) is 6.98. The van der Waals surface area contributed by atoms with Gasteiger partial charge in [0, 0.05) is 11.6 Å². The molecule has 1 N–H and O–H groups in total. The van der Waals surface area contributed by atoms with Gasteiger partial charge < -0.3 is 9.84 Å². The highest BCUT2D eigenvalue weighted by Gasteiger charge is 2.28. The second kappa shape index (κ2) is 7.35. The van der Waals surface area contributed by atoms with E-state index in [0.29, 0.717) is 29.4 Å². The van der Waals surface area contributed by atoms with E-state index < -0.39 is 5.97 Å². The zero-order valence-electron chi connectivity index (χ0n) is 12.1. The van der Waals surface area contributed by atoms with Crippen LogP contribution < -0.4 is 0 Å². The first kappa shape index (κ1) is 17.1. The van der Waals surface area contributed by atoms with Crippen LogP contribution in [0, 0.1) is 0 Å². The van der Waals surface area contributed by atoms with Crippen LogP contribution in [0.1, 0.15) is 34.1 Å². The molecule has 1 aliphatic rings. The number of ether oxygens (including phenoxy) is 1. The van der Waals surface area contributed by atoms with E-state index >= 15 is 0 Å². The first-order valence-corrected chi connectivity index (χ1v) is 9.08. The Labute approximate surface area is 141 Å². The number of thioether (sulfide) groups is 1. The largest absolute Gasteiger partial charge is 0.478 e. The van der Waals surface area contributed by atoms with Gasteiger partial charge in [-0.3, -0.25) is 0 Å². The quantitative estimate of drug-likeness (QED) is 0.486. The molecule has 0 aliphatic heterocycles. The van der Waals surface area contributed by atoms with E-state index in [1.807, 2.05) is 6.26 Å². The SMILES string of the molecule is CCOC(=O)c1sc(SC)c2c1CCC(/C=C/C(=O)O)=C2Cl. The lowest BCUT2D eigenvalue weighted by Crippen LogP contribution is -2.08. The van der Waals surface area contributed by atoms with E-state index in [2.05, 4.69) is 0 Å².